The van der Waals surface area contributed by atoms with Gasteiger partial charge in [0, 0.05) is 13.2 Å². The van der Waals surface area contributed by atoms with Crippen LogP contribution in [0.2, 0.25) is 0 Å². The predicted octanol–water partition coefficient (Wildman–Crippen LogP) is 4.21. The van der Waals surface area contributed by atoms with E-state index in [1.54, 1.807) is 0 Å². The van der Waals surface area contributed by atoms with Crippen molar-refractivity contribution in [2.24, 2.45) is 10.8 Å². The van der Waals surface area contributed by atoms with Crippen molar-refractivity contribution in [2.45, 2.75) is 60.8 Å². The summed E-state index contributed by atoms with van der Waals surface area (Å²) in [6.45, 7) is 18.8. The zero-order valence-corrected chi connectivity index (χ0v) is 15.6. The van der Waals surface area contributed by atoms with E-state index in [1.165, 1.54) is 12.8 Å². The summed E-state index contributed by atoms with van der Waals surface area (Å²) in [6.07, 6.45) is 3.64. The molecular formula is C18H39NO2. The van der Waals surface area contributed by atoms with Crippen molar-refractivity contribution in [2.75, 3.05) is 46.6 Å². The Labute approximate surface area is 133 Å². The first-order valence-corrected chi connectivity index (χ1v) is 8.44. The monoisotopic (exact) mass is 301 g/mol. The first-order valence-electron chi connectivity index (χ1n) is 8.44. The van der Waals surface area contributed by atoms with Gasteiger partial charge >= 0.3 is 0 Å². The molecule has 0 saturated heterocycles. The van der Waals surface area contributed by atoms with Gasteiger partial charge in [-0.05, 0) is 43.7 Å². The third-order valence-corrected chi connectivity index (χ3v) is 3.45. The van der Waals surface area contributed by atoms with Gasteiger partial charge in [0.2, 0.25) is 0 Å². The van der Waals surface area contributed by atoms with Gasteiger partial charge in [0.25, 0.3) is 0 Å². The molecule has 0 amide bonds. The van der Waals surface area contributed by atoms with E-state index in [-0.39, 0.29) is 0 Å². The molecule has 0 radical (unpaired) electrons. The first kappa shape index (κ1) is 20.9. The molecule has 0 aromatic carbocycles. The van der Waals surface area contributed by atoms with Crippen LogP contribution in [-0.4, -0.2) is 51.5 Å². The van der Waals surface area contributed by atoms with Crippen molar-refractivity contribution in [3.63, 3.8) is 0 Å². The number of hydrogen-bond donors (Lipinski definition) is 0. The van der Waals surface area contributed by atoms with Gasteiger partial charge < -0.3 is 14.4 Å². The number of rotatable bonds is 11. The molecule has 0 saturated carbocycles. The Morgan fingerprint density at radius 3 is 1.71 bits per heavy atom. The van der Waals surface area contributed by atoms with Gasteiger partial charge in [-0.2, -0.15) is 0 Å². The van der Waals surface area contributed by atoms with Crippen molar-refractivity contribution >= 4 is 0 Å². The van der Waals surface area contributed by atoms with Crippen LogP contribution in [0.25, 0.3) is 0 Å². The molecule has 0 heterocycles. The summed E-state index contributed by atoms with van der Waals surface area (Å²) in [5, 5.41) is 0. The molecule has 0 aliphatic carbocycles. The highest BCUT2D eigenvalue weighted by atomic mass is 16.5. The van der Waals surface area contributed by atoms with E-state index in [9.17, 15) is 0 Å². The normalized spacial score (nSPS) is 13.1. The Bertz CT molecular complexity index is 241. The third kappa shape index (κ3) is 17.8. The zero-order valence-electron chi connectivity index (χ0n) is 15.6. The standard InChI is InChI=1S/C18H39NO2/c1-17(2,3)9-8-11-19(7)12-14-21-16-15-20-13-10-18(4,5)6/h8-16H2,1-7H3. The Balaban J connectivity index is 3.31. The van der Waals surface area contributed by atoms with E-state index < -0.39 is 0 Å². The topological polar surface area (TPSA) is 21.7 Å². The number of likely N-dealkylation sites (N-methyl/N-ethyl adjacent to an activating group) is 1. The van der Waals surface area contributed by atoms with Crippen LogP contribution in [0.4, 0.5) is 0 Å². The lowest BCUT2D eigenvalue weighted by molar-refractivity contribution is 0.0329. The molecule has 0 aliphatic heterocycles. The molecule has 0 spiro atoms. The molecule has 3 heteroatoms. The average Bonchev–Trinajstić information content (AvgIpc) is 2.29. The van der Waals surface area contributed by atoms with E-state index in [0.717, 1.165) is 32.7 Å². The quantitative estimate of drug-likeness (QED) is 0.533. The van der Waals surface area contributed by atoms with Gasteiger partial charge in [0.05, 0.1) is 19.8 Å². The molecule has 0 aromatic heterocycles. The highest BCUT2D eigenvalue weighted by Gasteiger charge is 2.10. The van der Waals surface area contributed by atoms with Crippen LogP contribution in [0.3, 0.4) is 0 Å². The van der Waals surface area contributed by atoms with E-state index >= 15 is 0 Å². The molecule has 0 N–H and O–H groups in total. The van der Waals surface area contributed by atoms with Gasteiger partial charge in [-0.3, -0.25) is 0 Å². The second kappa shape index (κ2) is 10.6. The van der Waals surface area contributed by atoms with E-state index in [1.807, 2.05) is 0 Å². The number of ether oxygens (including phenoxy) is 2. The third-order valence-electron chi connectivity index (χ3n) is 3.45. The highest BCUT2D eigenvalue weighted by molar-refractivity contribution is 4.63. The van der Waals surface area contributed by atoms with Crippen molar-refractivity contribution in [3.05, 3.63) is 0 Å². The molecule has 0 atom stereocenters. The van der Waals surface area contributed by atoms with Crippen molar-refractivity contribution in [1.29, 1.82) is 0 Å². The lowest BCUT2D eigenvalue weighted by atomic mass is 9.90. The minimum atomic E-state index is 0.358. The van der Waals surface area contributed by atoms with E-state index in [4.69, 9.17) is 9.47 Å². The van der Waals surface area contributed by atoms with Crippen LogP contribution in [-0.2, 0) is 9.47 Å². The predicted molar refractivity (Wildman–Crippen MR) is 91.9 cm³/mol. The molecule has 0 unspecified atom stereocenters. The summed E-state index contributed by atoms with van der Waals surface area (Å²) in [6, 6.07) is 0. The molecule has 0 fully saturated rings. The molecule has 0 rings (SSSR count). The van der Waals surface area contributed by atoms with Gasteiger partial charge in [-0.25, -0.2) is 0 Å². The van der Waals surface area contributed by atoms with Gasteiger partial charge in [0.1, 0.15) is 0 Å². The van der Waals surface area contributed by atoms with Crippen molar-refractivity contribution < 1.29 is 9.47 Å². The number of nitrogens with zero attached hydrogens (tertiary/aromatic N) is 1. The van der Waals surface area contributed by atoms with Crippen molar-refractivity contribution in [1.82, 2.24) is 4.90 Å². The van der Waals surface area contributed by atoms with Crippen LogP contribution in [0.15, 0.2) is 0 Å². The summed E-state index contributed by atoms with van der Waals surface area (Å²) < 4.78 is 11.2. The van der Waals surface area contributed by atoms with Gasteiger partial charge in [-0.1, -0.05) is 41.5 Å². The average molecular weight is 302 g/mol. The molecule has 0 bridgehead atoms. The minimum absolute atomic E-state index is 0.358. The smallest absolute Gasteiger partial charge is 0.0701 e. The van der Waals surface area contributed by atoms with Gasteiger partial charge in [-0.15, -0.1) is 0 Å². The zero-order chi connectivity index (χ0) is 16.4. The second-order valence-electron chi connectivity index (χ2n) is 8.50. The van der Waals surface area contributed by atoms with Gasteiger partial charge in [0.15, 0.2) is 0 Å². The van der Waals surface area contributed by atoms with Crippen LogP contribution in [0, 0.1) is 10.8 Å². The second-order valence-corrected chi connectivity index (χ2v) is 8.50. The molecule has 3 nitrogen and oxygen atoms in total. The fourth-order valence-electron chi connectivity index (χ4n) is 1.91. The summed E-state index contributed by atoms with van der Waals surface area (Å²) >= 11 is 0. The fraction of sp³-hybridized carbons (Fsp3) is 1.00. The molecule has 128 valence electrons. The number of hydrogen-bond acceptors (Lipinski definition) is 3. The maximum absolute atomic E-state index is 5.62. The van der Waals surface area contributed by atoms with Crippen LogP contribution in [0.1, 0.15) is 60.8 Å². The maximum atomic E-state index is 5.62. The Hall–Kier alpha value is -0.120. The largest absolute Gasteiger partial charge is 0.379 e. The Kier molecular flexibility index (Phi) is 10.5. The summed E-state index contributed by atoms with van der Waals surface area (Å²) in [7, 11) is 2.17. The lowest BCUT2D eigenvalue weighted by Crippen LogP contribution is -2.25. The minimum Gasteiger partial charge on any atom is -0.379 e. The molecular weight excluding hydrogens is 262 g/mol. The van der Waals surface area contributed by atoms with Crippen molar-refractivity contribution in [3.8, 4) is 0 Å². The molecule has 21 heavy (non-hydrogen) atoms. The molecule has 0 aromatic rings. The van der Waals surface area contributed by atoms with E-state index in [0.29, 0.717) is 24.0 Å². The summed E-state index contributed by atoms with van der Waals surface area (Å²) in [4.78, 5) is 2.35. The van der Waals surface area contributed by atoms with Crippen LogP contribution >= 0.6 is 0 Å². The lowest BCUT2D eigenvalue weighted by Gasteiger charge is -2.21. The van der Waals surface area contributed by atoms with Crippen LogP contribution in [0.5, 0.6) is 0 Å². The van der Waals surface area contributed by atoms with Crippen LogP contribution < -0.4 is 0 Å². The first-order chi connectivity index (χ1) is 9.60. The molecule has 0 aliphatic rings. The maximum Gasteiger partial charge on any atom is 0.0701 e. The SMILES string of the molecule is CN(CCCC(C)(C)C)CCOCCOCCC(C)(C)C. The fourth-order valence-corrected chi connectivity index (χ4v) is 1.91. The Morgan fingerprint density at radius 2 is 1.19 bits per heavy atom. The Morgan fingerprint density at radius 1 is 0.667 bits per heavy atom. The highest BCUT2D eigenvalue weighted by Crippen LogP contribution is 2.20. The van der Waals surface area contributed by atoms with E-state index in [2.05, 4.69) is 53.5 Å². The summed E-state index contributed by atoms with van der Waals surface area (Å²) in [5.41, 5.74) is 0.804. The summed E-state index contributed by atoms with van der Waals surface area (Å²) in [5.74, 6) is 0.